The van der Waals surface area contributed by atoms with Crippen molar-refractivity contribution in [3.63, 3.8) is 0 Å². The van der Waals surface area contributed by atoms with E-state index >= 15 is 0 Å². The Kier molecular flexibility index (Phi) is 2.64. The third-order valence-corrected chi connectivity index (χ3v) is 4.57. The molecule has 3 N–H and O–H groups in total. The molecule has 2 heterocycles. The molecule has 1 aromatic heterocycles. The Morgan fingerprint density at radius 1 is 1.33 bits per heavy atom. The van der Waals surface area contributed by atoms with Crippen molar-refractivity contribution in [3.8, 4) is 5.75 Å². The van der Waals surface area contributed by atoms with Gasteiger partial charge in [-0.2, -0.15) is 0 Å². The molecule has 2 aliphatic rings. The number of nitrogen functional groups attached to an aromatic ring is 1. The second kappa shape index (κ2) is 4.41. The highest BCUT2D eigenvalue weighted by Gasteiger charge is 2.34. The number of ether oxygens (including phenoxy) is 1. The summed E-state index contributed by atoms with van der Waals surface area (Å²) in [6.45, 7) is 0.588. The van der Waals surface area contributed by atoms with E-state index in [4.69, 9.17) is 10.5 Å². The van der Waals surface area contributed by atoms with Crippen molar-refractivity contribution in [3.05, 3.63) is 28.6 Å². The van der Waals surface area contributed by atoms with Gasteiger partial charge in [0.15, 0.2) is 0 Å². The highest BCUT2D eigenvalue weighted by molar-refractivity contribution is 5.96. The molecule has 110 valence electrons. The molecule has 0 amide bonds. The zero-order chi connectivity index (χ0) is 14.6. The molecule has 1 unspecified atom stereocenters. The lowest BCUT2D eigenvalue weighted by molar-refractivity contribution is 0.303. The van der Waals surface area contributed by atoms with Gasteiger partial charge in [-0.3, -0.25) is 4.79 Å². The molecule has 1 atom stereocenters. The number of hydrogen-bond donors (Lipinski definition) is 2. The molecule has 1 aromatic carbocycles. The van der Waals surface area contributed by atoms with Crippen LogP contribution in [0, 0.1) is 5.92 Å². The Morgan fingerprint density at radius 2 is 2.14 bits per heavy atom. The summed E-state index contributed by atoms with van der Waals surface area (Å²) in [5, 5.41) is 4.52. The first-order chi connectivity index (χ1) is 10.1. The number of rotatable bonds is 1. The van der Waals surface area contributed by atoms with Gasteiger partial charge in [-0.25, -0.2) is 0 Å². The van der Waals surface area contributed by atoms with E-state index in [0.29, 0.717) is 30.0 Å². The SMILES string of the molecule is Cn1c(=O)c2c(c3cc(N)ccc31)NC(C1CC1)CCO2. The van der Waals surface area contributed by atoms with Gasteiger partial charge in [0, 0.05) is 30.6 Å². The molecule has 1 aliphatic heterocycles. The fraction of sp³-hybridized carbons (Fsp3) is 0.438. The highest BCUT2D eigenvalue weighted by atomic mass is 16.5. The van der Waals surface area contributed by atoms with E-state index < -0.39 is 0 Å². The van der Waals surface area contributed by atoms with Crippen LogP contribution in [0.4, 0.5) is 11.4 Å². The van der Waals surface area contributed by atoms with Crippen LogP contribution in [0.1, 0.15) is 19.3 Å². The number of hydrogen-bond acceptors (Lipinski definition) is 4. The lowest BCUT2D eigenvalue weighted by Crippen LogP contribution is -2.23. The lowest BCUT2D eigenvalue weighted by Gasteiger charge is -2.18. The molecule has 0 spiro atoms. The molecular weight excluding hydrogens is 266 g/mol. The average molecular weight is 285 g/mol. The van der Waals surface area contributed by atoms with Crippen LogP contribution < -0.4 is 21.3 Å². The summed E-state index contributed by atoms with van der Waals surface area (Å²) in [4.78, 5) is 12.5. The van der Waals surface area contributed by atoms with Crippen molar-refractivity contribution in [2.24, 2.45) is 13.0 Å². The van der Waals surface area contributed by atoms with Gasteiger partial charge in [-0.15, -0.1) is 0 Å². The Labute approximate surface area is 122 Å². The summed E-state index contributed by atoms with van der Waals surface area (Å²) in [5.74, 6) is 1.14. The number of anilines is 2. The lowest BCUT2D eigenvalue weighted by atomic mass is 10.1. The molecule has 21 heavy (non-hydrogen) atoms. The molecule has 1 saturated carbocycles. The number of fused-ring (bicyclic) bond motifs is 3. The minimum Gasteiger partial charge on any atom is -0.486 e. The van der Waals surface area contributed by atoms with Crippen molar-refractivity contribution in [1.82, 2.24) is 4.57 Å². The fourth-order valence-corrected chi connectivity index (χ4v) is 3.21. The molecule has 5 heteroatoms. The van der Waals surface area contributed by atoms with Crippen LogP contribution in [-0.4, -0.2) is 17.2 Å². The third kappa shape index (κ3) is 1.95. The second-order valence-electron chi connectivity index (χ2n) is 6.07. The topological polar surface area (TPSA) is 69.3 Å². The van der Waals surface area contributed by atoms with Crippen LogP contribution >= 0.6 is 0 Å². The van der Waals surface area contributed by atoms with E-state index in [9.17, 15) is 4.79 Å². The summed E-state index contributed by atoms with van der Waals surface area (Å²) in [6, 6.07) is 6.02. The molecule has 4 rings (SSSR count). The largest absolute Gasteiger partial charge is 0.486 e. The first kappa shape index (κ1) is 12.6. The minimum absolute atomic E-state index is 0.0915. The van der Waals surface area contributed by atoms with Gasteiger partial charge < -0.3 is 20.4 Å². The van der Waals surface area contributed by atoms with E-state index in [0.717, 1.165) is 23.0 Å². The smallest absolute Gasteiger partial charge is 0.295 e. The Balaban J connectivity index is 1.98. The van der Waals surface area contributed by atoms with Crippen LogP contribution in [-0.2, 0) is 7.05 Å². The van der Waals surface area contributed by atoms with E-state index in [2.05, 4.69) is 5.32 Å². The molecule has 0 radical (unpaired) electrons. The van der Waals surface area contributed by atoms with Gasteiger partial charge in [-0.05, 0) is 37.0 Å². The van der Waals surface area contributed by atoms with Gasteiger partial charge in [-0.1, -0.05) is 0 Å². The second-order valence-corrected chi connectivity index (χ2v) is 6.07. The van der Waals surface area contributed by atoms with E-state index in [1.165, 1.54) is 12.8 Å². The molecule has 1 fully saturated rings. The van der Waals surface area contributed by atoms with Crippen molar-refractivity contribution < 1.29 is 4.74 Å². The zero-order valence-corrected chi connectivity index (χ0v) is 12.1. The normalized spacial score (nSPS) is 21.3. The van der Waals surface area contributed by atoms with Crippen LogP contribution in [0.25, 0.3) is 10.9 Å². The summed E-state index contributed by atoms with van der Waals surface area (Å²) >= 11 is 0. The Hall–Kier alpha value is -2.17. The number of nitrogens with one attached hydrogen (secondary N) is 1. The van der Waals surface area contributed by atoms with Crippen LogP contribution in [0.5, 0.6) is 5.75 Å². The van der Waals surface area contributed by atoms with Crippen molar-refractivity contribution in [1.29, 1.82) is 0 Å². The van der Waals surface area contributed by atoms with Crippen molar-refractivity contribution >= 4 is 22.3 Å². The quantitative estimate of drug-likeness (QED) is 0.787. The van der Waals surface area contributed by atoms with Gasteiger partial charge in [0.2, 0.25) is 5.75 Å². The summed E-state index contributed by atoms with van der Waals surface area (Å²) in [6.07, 6.45) is 3.46. The zero-order valence-electron chi connectivity index (χ0n) is 12.1. The number of nitrogens with two attached hydrogens (primary N) is 1. The summed E-state index contributed by atoms with van der Waals surface area (Å²) in [5.41, 5.74) is 8.23. The van der Waals surface area contributed by atoms with Crippen LogP contribution in [0.2, 0.25) is 0 Å². The Morgan fingerprint density at radius 3 is 2.90 bits per heavy atom. The Bertz CT molecular complexity index is 777. The third-order valence-electron chi connectivity index (χ3n) is 4.57. The van der Waals surface area contributed by atoms with Gasteiger partial charge in [0.1, 0.15) is 0 Å². The van der Waals surface area contributed by atoms with Crippen LogP contribution in [0.15, 0.2) is 23.0 Å². The average Bonchev–Trinajstić information content (AvgIpc) is 3.29. The maximum absolute atomic E-state index is 12.5. The number of benzene rings is 1. The summed E-state index contributed by atoms with van der Waals surface area (Å²) in [7, 11) is 1.77. The van der Waals surface area contributed by atoms with Crippen molar-refractivity contribution in [2.75, 3.05) is 17.7 Å². The molecule has 5 nitrogen and oxygen atoms in total. The van der Waals surface area contributed by atoms with E-state index in [-0.39, 0.29) is 5.56 Å². The van der Waals surface area contributed by atoms with Gasteiger partial charge >= 0.3 is 0 Å². The maximum atomic E-state index is 12.5. The molecule has 1 aliphatic carbocycles. The molecule has 0 bridgehead atoms. The maximum Gasteiger partial charge on any atom is 0.295 e. The number of aryl methyl sites for hydroxylation is 1. The van der Waals surface area contributed by atoms with E-state index in [1.54, 1.807) is 11.6 Å². The minimum atomic E-state index is -0.0915. The molecular formula is C16H19N3O2. The highest BCUT2D eigenvalue weighted by Crippen LogP contribution is 2.40. The van der Waals surface area contributed by atoms with Crippen molar-refractivity contribution in [2.45, 2.75) is 25.3 Å². The molecule has 0 saturated heterocycles. The predicted octanol–water partition coefficient (Wildman–Crippen LogP) is 2.09. The van der Waals surface area contributed by atoms with Crippen LogP contribution in [0.3, 0.4) is 0 Å². The monoisotopic (exact) mass is 285 g/mol. The van der Waals surface area contributed by atoms with Gasteiger partial charge in [0.25, 0.3) is 5.56 Å². The fourth-order valence-electron chi connectivity index (χ4n) is 3.21. The molecule has 2 aromatic rings. The van der Waals surface area contributed by atoms with Gasteiger partial charge in [0.05, 0.1) is 17.8 Å². The predicted molar refractivity (Wildman–Crippen MR) is 83.8 cm³/mol. The first-order valence-corrected chi connectivity index (χ1v) is 7.46. The number of nitrogens with zero attached hydrogens (tertiary/aromatic N) is 1. The number of pyridine rings is 1. The number of aromatic nitrogens is 1. The first-order valence-electron chi connectivity index (χ1n) is 7.46. The standard InChI is InChI=1S/C16H19N3O2/c1-19-13-5-4-10(17)8-11(13)14-15(16(19)20)21-7-6-12(18-14)9-2-3-9/h4-5,8-9,12,18H,2-3,6-7,17H2,1H3. The summed E-state index contributed by atoms with van der Waals surface area (Å²) < 4.78 is 7.41. The van der Waals surface area contributed by atoms with E-state index in [1.807, 2.05) is 18.2 Å².